The monoisotopic (exact) mass is 234 g/mol. The lowest BCUT2D eigenvalue weighted by Crippen LogP contribution is -2.01. The minimum atomic E-state index is -0.469. The van der Waals surface area contributed by atoms with E-state index >= 15 is 0 Å². The number of rotatable bonds is 4. The zero-order valence-corrected chi connectivity index (χ0v) is 9.11. The van der Waals surface area contributed by atoms with Crippen molar-refractivity contribution >= 4 is 5.69 Å². The highest BCUT2D eigenvalue weighted by Gasteiger charge is 2.15. The van der Waals surface area contributed by atoms with Gasteiger partial charge in [-0.05, 0) is 11.6 Å². The number of nitrogens with zero attached hydrogens (tertiary/aromatic N) is 4. The highest BCUT2D eigenvalue weighted by molar-refractivity contribution is 5.48. The minimum Gasteiger partial charge on any atom is -0.490 e. The van der Waals surface area contributed by atoms with Crippen molar-refractivity contribution in [3.8, 4) is 5.75 Å². The van der Waals surface area contributed by atoms with Gasteiger partial charge in [0.25, 0.3) is 0 Å². The third-order valence-electron chi connectivity index (χ3n) is 2.25. The van der Waals surface area contributed by atoms with Crippen LogP contribution in [0.5, 0.6) is 5.75 Å². The molecule has 0 aliphatic rings. The average Bonchev–Trinajstić information content (AvgIpc) is 2.81. The van der Waals surface area contributed by atoms with E-state index in [4.69, 9.17) is 4.74 Å². The van der Waals surface area contributed by atoms with Gasteiger partial charge in [-0.3, -0.25) is 10.1 Å². The Morgan fingerprint density at radius 2 is 2.35 bits per heavy atom. The van der Waals surface area contributed by atoms with Crippen LogP contribution in [-0.2, 0) is 6.54 Å². The van der Waals surface area contributed by atoms with Crippen molar-refractivity contribution in [3.05, 3.63) is 46.5 Å². The van der Waals surface area contributed by atoms with E-state index < -0.39 is 4.92 Å². The minimum absolute atomic E-state index is 0.0508. The Balaban J connectivity index is 2.30. The number of aromatic nitrogens is 3. The van der Waals surface area contributed by atoms with Crippen LogP contribution in [0.2, 0.25) is 0 Å². The maximum atomic E-state index is 10.8. The molecule has 0 unspecified atom stereocenters. The molecular weight excluding hydrogens is 224 g/mol. The van der Waals surface area contributed by atoms with Gasteiger partial charge in [0.15, 0.2) is 5.75 Å². The summed E-state index contributed by atoms with van der Waals surface area (Å²) in [6, 6.07) is 4.80. The van der Waals surface area contributed by atoms with Crippen molar-refractivity contribution in [3.63, 3.8) is 0 Å². The number of benzene rings is 1. The van der Waals surface area contributed by atoms with E-state index in [-0.39, 0.29) is 11.4 Å². The van der Waals surface area contributed by atoms with Gasteiger partial charge in [-0.2, -0.15) is 5.10 Å². The molecule has 0 bridgehead atoms. The predicted octanol–water partition coefficient (Wildman–Crippen LogP) is 1.24. The van der Waals surface area contributed by atoms with Crippen LogP contribution in [0.1, 0.15) is 5.56 Å². The third-order valence-corrected chi connectivity index (χ3v) is 2.25. The molecule has 2 rings (SSSR count). The molecule has 0 radical (unpaired) electrons. The van der Waals surface area contributed by atoms with E-state index in [0.29, 0.717) is 6.54 Å². The second-order valence-corrected chi connectivity index (χ2v) is 3.36. The molecule has 88 valence electrons. The van der Waals surface area contributed by atoms with E-state index in [2.05, 4.69) is 10.1 Å². The van der Waals surface area contributed by atoms with Gasteiger partial charge in [0.2, 0.25) is 0 Å². The van der Waals surface area contributed by atoms with E-state index in [9.17, 15) is 10.1 Å². The molecule has 0 atom stereocenters. The van der Waals surface area contributed by atoms with Gasteiger partial charge < -0.3 is 4.74 Å². The lowest BCUT2D eigenvalue weighted by atomic mass is 10.2. The zero-order chi connectivity index (χ0) is 12.3. The number of hydrogen-bond donors (Lipinski definition) is 0. The number of nitro benzene ring substituents is 1. The fourth-order valence-corrected chi connectivity index (χ4v) is 1.48. The molecule has 0 saturated heterocycles. The second-order valence-electron chi connectivity index (χ2n) is 3.36. The first-order valence-electron chi connectivity index (χ1n) is 4.84. The van der Waals surface area contributed by atoms with E-state index in [1.54, 1.807) is 23.1 Å². The summed E-state index contributed by atoms with van der Waals surface area (Å²) in [7, 11) is 1.40. The maximum Gasteiger partial charge on any atom is 0.311 e. The number of methoxy groups -OCH3 is 1. The molecule has 1 aromatic heterocycles. The quantitative estimate of drug-likeness (QED) is 0.587. The molecular formula is C10H10N4O3. The van der Waals surface area contributed by atoms with E-state index in [1.807, 2.05) is 0 Å². The highest BCUT2D eigenvalue weighted by atomic mass is 16.6. The molecule has 0 aliphatic heterocycles. The number of ether oxygens (including phenoxy) is 1. The first-order chi connectivity index (χ1) is 8.20. The average molecular weight is 234 g/mol. The molecule has 17 heavy (non-hydrogen) atoms. The molecule has 0 N–H and O–H groups in total. The Morgan fingerprint density at radius 3 is 2.94 bits per heavy atom. The Hall–Kier alpha value is -2.44. The second kappa shape index (κ2) is 4.60. The van der Waals surface area contributed by atoms with Gasteiger partial charge in [-0.1, -0.05) is 6.07 Å². The summed E-state index contributed by atoms with van der Waals surface area (Å²) < 4.78 is 6.51. The Labute approximate surface area is 96.8 Å². The fraction of sp³-hybridized carbons (Fsp3) is 0.200. The largest absolute Gasteiger partial charge is 0.490 e. The van der Waals surface area contributed by atoms with Gasteiger partial charge in [-0.25, -0.2) is 9.67 Å². The van der Waals surface area contributed by atoms with Crippen molar-refractivity contribution < 1.29 is 9.66 Å². The predicted molar refractivity (Wildman–Crippen MR) is 58.8 cm³/mol. The standard InChI is InChI=1S/C10H10N4O3/c1-17-10-3-2-8(4-9(10)14(15)16)5-13-7-11-6-12-13/h2-4,6-7H,5H2,1H3. The van der Waals surface area contributed by atoms with Crippen LogP contribution in [0.15, 0.2) is 30.9 Å². The van der Waals surface area contributed by atoms with Crippen molar-refractivity contribution in [2.75, 3.05) is 7.11 Å². The lowest BCUT2D eigenvalue weighted by Gasteiger charge is -2.04. The summed E-state index contributed by atoms with van der Waals surface area (Å²) in [5, 5.41) is 14.8. The molecule has 0 spiro atoms. The van der Waals surface area contributed by atoms with Crippen molar-refractivity contribution in [2.45, 2.75) is 6.54 Å². The SMILES string of the molecule is COc1ccc(Cn2cncn2)cc1[N+](=O)[O-]. The molecule has 7 nitrogen and oxygen atoms in total. The number of hydrogen-bond acceptors (Lipinski definition) is 5. The van der Waals surface area contributed by atoms with Crippen LogP contribution in [-0.4, -0.2) is 26.8 Å². The molecule has 1 aromatic carbocycles. The van der Waals surface area contributed by atoms with Crippen LogP contribution in [0, 0.1) is 10.1 Å². The first kappa shape index (κ1) is 11.1. The zero-order valence-electron chi connectivity index (χ0n) is 9.11. The van der Waals surface area contributed by atoms with Gasteiger partial charge in [0.1, 0.15) is 12.7 Å². The maximum absolute atomic E-state index is 10.8. The molecule has 7 heteroatoms. The van der Waals surface area contributed by atoms with Gasteiger partial charge in [-0.15, -0.1) is 0 Å². The lowest BCUT2D eigenvalue weighted by molar-refractivity contribution is -0.385. The van der Waals surface area contributed by atoms with Crippen LogP contribution in [0.3, 0.4) is 0 Å². The van der Waals surface area contributed by atoms with Crippen molar-refractivity contribution in [1.82, 2.24) is 14.8 Å². The molecule has 2 aromatic rings. The van der Waals surface area contributed by atoms with Crippen LogP contribution < -0.4 is 4.74 Å². The fourth-order valence-electron chi connectivity index (χ4n) is 1.48. The Morgan fingerprint density at radius 1 is 1.53 bits per heavy atom. The van der Waals surface area contributed by atoms with E-state index in [1.165, 1.54) is 19.5 Å². The van der Waals surface area contributed by atoms with Crippen LogP contribution in [0.25, 0.3) is 0 Å². The van der Waals surface area contributed by atoms with Crippen molar-refractivity contribution in [1.29, 1.82) is 0 Å². The van der Waals surface area contributed by atoms with Gasteiger partial charge in [0, 0.05) is 6.07 Å². The summed E-state index contributed by atoms with van der Waals surface area (Å²) in [5.74, 6) is 0.248. The summed E-state index contributed by atoms with van der Waals surface area (Å²) in [6.07, 6.45) is 2.97. The molecule has 0 amide bonds. The smallest absolute Gasteiger partial charge is 0.311 e. The topological polar surface area (TPSA) is 83.1 Å². The highest BCUT2D eigenvalue weighted by Crippen LogP contribution is 2.27. The molecule has 1 heterocycles. The van der Waals surface area contributed by atoms with Crippen LogP contribution in [0.4, 0.5) is 5.69 Å². The Kier molecular flexibility index (Phi) is 2.99. The summed E-state index contributed by atoms with van der Waals surface area (Å²) >= 11 is 0. The summed E-state index contributed by atoms with van der Waals surface area (Å²) in [5.41, 5.74) is 0.716. The molecule has 0 fully saturated rings. The molecule has 0 aliphatic carbocycles. The van der Waals surface area contributed by atoms with Gasteiger partial charge >= 0.3 is 5.69 Å². The molecule has 0 saturated carbocycles. The van der Waals surface area contributed by atoms with Gasteiger partial charge in [0.05, 0.1) is 18.6 Å². The number of nitro groups is 1. The first-order valence-corrected chi connectivity index (χ1v) is 4.84. The summed E-state index contributed by atoms with van der Waals surface area (Å²) in [6.45, 7) is 0.435. The van der Waals surface area contributed by atoms with E-state index in [0.717, 1.165) is 5.56 Å². The summed E-state index contributed by atoms with van der Waals surface area (Å²) in [4.78, 5) is 14.2. The third kappa shape index (κ3) is 2.39. The normalized spacial score (nSPS) is 10.2. The Bertz CT molecular complexity index is 524. The van der Waals surface area contributed by atoms with Crippen LogP contribution >= 0.6 is 0 Å². The van der Waals surface area contributed by atoms with Crippen molar-refractivity contribution in [2.24, 2.45) is 0 Å².